The van der Waals surface area contributed by atoms with Gasteiger partial charge in [0.15, 0.2) is 0 Å². The van der Waals surface area contributed by atoms with Crippen LogP contribution in [0.5, 0.6) is 5.75 Å². The van der Waals surface area contributed by atoms with E-state index in [0.29, 0.717) is 0 Å². The Morgan fingerprint density at radius 1 is 1.44 bits per heavy atom. The molecule has 1 atom stereocenters. The fourth-order valence-electron chi connectivity index (χ4n) is 1.68. The summed E-state index contributed by atoms with van der Waals surface area (Å²) in [5.41, 5.74) is -0.419. The lowest BCUT2D eigenvalue weighted by molar-refractivity contribution is -0.386. The average molecular weight is 252 g/mol. The van der Waals surface area contributed by atoms with Crippen LogP contribution in [0.2, 0.25) is 0 Å². The Hall–Kier alpha value is -2.64. The van der Waals surface area contributed by atoms with E-state index in [2.05, 4.69) is 0 Å². The van der Waals surface area contributed by atoms with Gasteiger partial charge in [0.2, 0.25) is 6.10 Å². The number of methoxy groups -OCH3 is 1. The number of hydrogen-bond donors (Lipinski definition) is 1. The van der Waals surface area contributed by atoms with Crippen molar-refractivity contribution in [3.05, 3.63) is 33.9 Å². The summed E-state index contributed by atoms with van der Waals surface area (Å²) in [5, 5.41) is 12.8. The molecular formula is C10H8N2O6. The predicted molar refractivity (Wildman–Crippen MR) is 57.0 cm³/mol. The van der Waals surface area contributed by atoms with Crippen LogP contribution in [0.4, 0.5) is 10.5 Å². The van der Waals surface area contributed by atoms with Crippen LogP contribution in [0.1, 0.15) is 11.7 Å². The van der Waals surface area contributed by atoms with Gasteiger partial charge in [-0.1, -0.05) is 6.07 Å². The number of ether oxygens (including phenoxy) is 2. The highest BCUT2D eigenvalue weighted by Crippen LogP contribution is 2.37. The first-order chi connectivity index (χ1) is 8.54. The second kappa shape index (κ2) is 4.32. The molecule has 1 N–H and O–H groups in total. The van der Waals surface area contributed by atoms with Gasteiger partial charge in [0.25, 0.3) is 11.6 Å². The van der Waals surface area contributed by atoms with Crippen molar-refractivity contribution in [2.24, 2.45) is 0 Å². The van der Waals surface area contributed by atoms with Gasteiger partial charge >= 0.3 is 6.09 Å². The third kappa shape index (κ3) is 1.83. The third-order valence-corrected chi connectivity index (χ3v) is 2.41. The van der Waals surface area contributed by atoms with Gasteiger partial charge in [-0.15, -0.1) is 0 Å². The number of nitro benzene ring substituents is 1. The predicted octanol–water partition coefficient (Wildman–Crippen LogP) is 0.911. The SMILES string of the molecule is COc1cccc([N+](=O)[O-])c1C1OC(=O)NC1=O. The van der Waals surface area contributed by atoms with E-state index < -0.39 is 23.0 Å². The molecule has 1 heterocycles. The monoisotopic (exact) mass is 252 g/mol. The number of imide groups is 1. The number of carbonyl (C=O) groups excluding carboxylic acids is 2. The van der Waals surface area contributed by atoms with Crippen LogP contribution in [0, 0.1) is 10.1 Å². The molecule has 1 fully saturated rings. The van der Waals surface area contributed by atoms with Gasteiger partial charge in [0.1, 0.15) is 11.3 Å². The van der Waals surface area contributed by atoms with Crippen LogP contribution in [0.15, 0.2) is 18.2 Å². The maximum absolute atomic E-state index is 11.5. The number of hydrogen-bond acceptors (Lipinski definition) is 6. The highest BCUT2D eigenvalue weighted by atomic mass is 16.6. The van der Waals surface area contributed by atoms with Crippen LogP contribution in [-0.4, -0.2) is 24.0 Å². The number of benzene rings is 1. The summed E-state index contributed by atoms with van der Waals surface area (Å²) in [6.07, 6.45) is -2.31. The second-order valence-electron chi connectivity index (χ2n) is 3.42. The van der Waals surface area contributed by atoms with Crippen molar-refractivity contribution in [2.45, 2.75) is 6.10 Å². The Balaban J connectivity index is 2.57. The molecule has 1 aromatic carbocycles. The van der Waals surface area contributed by atoms with Crippen molar-refractivity contribution in [1.29, 1.82) is 0 Å². The van der Waals surface area contributed by atoms with Gasteiger partial charge in [-0.05, 0) is 6.07 Å². The summed E-state index contributed by atoms with van der Waals surface area (Å²) < 4.78 is 9.67. The number of nitro groups is 1. The summed E-state index contributed by atoms with van der Waals surface area (Å²) >= 11 is 0. The third-order valence-electron chi connectivity index (χ3n) is 2.41. The van der Waals surface area contributed by atoms with Crippen molar-refractivity contribution in [3.8, 4) is 5.75 Å². The molecule has 2 rings (SSSR count). The first-order valence-electron chi connectivity index (χ1n) is 4.87. The van der Waals surface area contributed by atoms with Crippen LogP contribution >= 0.6 is 0 Å². The molecule has 94 valence electrons. The minimum absolute atomic E-state index is 0.0756. The van der Waals surface area contributed by atoms with E-state index in [1.165, 1.54) is 25.3 Å². The van der Waals surface area contributed by atoms with E-state index in [-0.39, 0.29) is 17.0 Å². The van der Waals surface area contributed by atoms with Gasteiger partial charge in [-0.3, -0.25) is 20.2 Å². The molecule has 8 heteroatoms. The van der Waals surface area contributed by atoms with Crippen LogP contribution in [0.3, 0.4) is 0 Å². The molecule has 0 saturated carbocycles. The summed E-state index contributed by atoms with van der Waals surface area (Å²) in [7, 11) is 1.30. The molecule has 0 aromatic heterocycles. The zero-order valence-electron chi connectivity index (χ0n) is 9.21. The number of rotatable bonds is 3. The molecule has 1 aliphatic heterocycles. The van der Waals surface area contributed by atoms with E-state index in [0.717, 1.165) is 0 Å². The average Bonchev–Trinajstić information content (AvgIpc) is 2.67. The molecule has 0 bridgehead atoms. The van der Waals surface area contributed by atoms with Crippen LogP contribution in [0.25, 0.3) is 0 Å². The molecule has 0 aliphatic carbocycles. The highest BCUT2D eigenvalue weighted by molar-refractivity contribution is 6.01. The lowest BCUT2D eigenvalue weighted by Gasteiger charge is -2.11. The van der Waals surface area contributed by atoms with Crippen molar-refractivity contribution < 1.29 is 24.0 Å². The summed E-state index contributed by atoms with van der Waals surface area (Å²) in [5.74, 6) is -0.647. The smallest absolute Gasteiger partial charge is 0.415 e. The van der Waals surface area contributed by atoms with Crippen LogP contribution < -0.4 is 10.1 Å². The van der Waals surface area contributed by atoms with Crippen molar-refractivity contribution >= 4 is 17.7 Å². The minimum Gasteiger partial charge on any atom is -0.496 e. The first kappa shape index (κ1) is 11.8. The van der Waals surface area contributed by atoms with E-state index in [1.807, 2.05) is 5.32 Å². The van der Waals surface area contributed by atoms with E-state index in [9.17, 15) is 19.7 Å². The van der Waals surface area contributed by atoms with Gasteiger partial charge < -0.3 is 9.47 Å². The Morgan fingerprint density at radius 2 is 2.17 bits per heavy atom. The molecule has 18 heavy (non-hydrogen) atoms. The van der Waals surface area contributed by atoms with Crippen molar-refractivity contribution in [2.75, 3.05) is 7.11 Å². The molecule has 0 radical (unpaired) electrons. The lowest BCUT2D eigenvalue weighted by atomic mass is 10.1. The van der Waals surface area contributed by atoms with Crippen molar-refractivity contribution in [3.63, 3.8) is 0 Å². The zero-order chi connectivity index (χ0) is 13.3. The maximum atomic E-state index is 11.5. The van der Waals surface area contributed by atoms with E-state index in [1.54, 1.807) is 0 Å². The van der Waals surface area contributed by atoms with E-state index in [4.69, 9.17) is 9.47 Å². The lowest BCUT2D eigenvalue weighted by Crippen LogP contribution is -2.21. The Morgan fingerprint density at radius 3 is 2.67 bits per heavy atom. The second-order valence-corrected chi connectivity index (χ2v) is 3.42. The van der Waals surface area contributed by atoms with Gasteiger partial charge in [0, 0.05) is 6.07 Å². The molecule has 2 amide bonds. The number of alkyl carbamates (subject to hydrolysis) is 1. The summed E-state index contributed by atoms with van der Waals surface area (Å²) in [4.78, 5) is 32.7. The Kier molecular flexibility index (Phi) is 2.84. The number of cyclic esters (lactones) is 1. The molecule has 1 saturated heterocycles. The largest absolute Gasteiger partial charge is 0.496 e. The first-order valence-corrected chi connectivity index (χ1v) is 4.87. The summed E-state index contributed by atoms with van der Waals surface area (Å²) in [6, 6.07) is 4.06. The van der Waals surface area contributed by atoms with Gasteiger partial charge in [0.05, 0.1) is 12.0 Å². The van der Waals surface area contributed by atoms with Crippen molar-refractivity contribution in [1.82, 2.24) is 5.32 Å². The minimum atomic E-state index is -1.37. The molecule has 1 aromatic rings. The molecule has 8 nitrogen and oxygen atoms in total. The number of nitrogens with one attached hydrogen (secondary N) is 1. The standard InChI is InChI=1S/C10H8N2O6/c1-17-6-4-2-3-5(12(15)16)7(6)8-9(13)11-10(14)18-8/h2-4,8H,1H3,(H,11,13,14). The molecular weight excluding hydrogens is 244 g/mol. The summed E-state index contributed by atoms with van der Waals surface area (Å²) in [6.45, 7) is 0. The molecule has 1 unspecified atom stereocenters. The highest BCUT2D eigenvalue weighted by Gasteiger charge is 2.40. The number of carbonyl (C=O) groups is 2. The fourth-order valence-corrected chi connectivity index (χ4v) is 1.68. The zero-order valence-corrected chi connectivity index (χ0v) is 9.21. The van der Waals surface area contributed by atoms with E-state index >= 15 is 0 Å². The molecule has 1 aliphatic rings. The number of amides is 2. The topological polar surface area (TPSA) is 108 Å². The Bertz CT molecular complexity index is 541. The normalized spacial score (nSPS) is 18.2. The number of nitrogens with zero attached hydrogens (tertiary/aromatic N) is 1. The maximum Gasteiger partial charge on any atom is 0.415 e. The van der Waals surface area contributed by atoms with Gasteiger partial charge in [-0.25, -0.2) is 4.79 Å². The van der Waals surface area contributed by atoms with Gasteiger partial charge in [-0.2, -0.15) is 0 Å². The Labute approximate surface area is 101 Å². The fraction of sp³-hybridized carbons (Fsp3) is 0.200. The van der Waals surface area contributed by atoms with Crippen LogP contribution in [-0.2, 0) is 9.53 Å². The quantitative estimate of drug-likeness (QED) is 0.632. The molecule has 0 spiro atoms.